The van der Waals surface area contributed by atoms with Gasteiger partial charge in [-0.15, -0.1) is 0 Å². The molecule has 2 N–H and O–H groups in total. The zero-order valence-corrected chi connectivity index (χ0v) is 21.5. The summed E-state index contributed by atoms with van der Waals surface area (Å²) in [7, 11) is 0. The van der Waals surface area contributed by atoms with Gasteiger partial charge in [0.1, 0.15) is 0 Å². The van der Waals surface area contributed by atoms with Gasteiger partial charge < -0.3 is 0 Å². The van der Waals surface area contributed by atoms with Gasteiger partial charge in [-0.2, -0.15) is 0 Å². The van der Waals surface area contributed by atoms with Gasteiger partial charge in [-0.1, -0.05) is 0 Å². The number of hydrogen-bond acceptors (Lipinski definition) is 3. The number of pyridine rings is 1. The molecular formula is C29H26ClCoFN2O2. The van der Waals surface area contributed by atoms with Crippen LogP contribution in [0.1, 0.15) is 48.9 Å². The van der Waals surface area contributed by atoms with Gasteiger partial charge in [-0.05, 0) is 0 Å². The average molecular weight is 548 g/mol. The fourth-order valence-corrected chi connectivity index (χ4v) is 4.60. The van der Waals surface area contributed by atoms with E-state index in [1.807, 2.05) is 42.5 Å². The number of nitrogens with one attached hydrogen (secondary N) is 1. The van der Waals surface area contributed by atoms with Crippen LogP contribution in [-0.4, -0.2) is 20.6 Å². The summed E-state index contributed by atoms with van der Waals surface area (Å²) in [5, 5.41) is 14.1. The molecule has 0 saturated carbocycles. The second kappa shape index (κ2) is 11.9. The number of nitrogens with zero attached hydrogens (tertiary/aromatic N) is 1. The molecule has 0 spiro atoms. The molecule has 0 unspecified atom stereocenters. The van der Waals surface area contributed by atoms with Gasteiger partial charge in [0, 0.05) is 0 Å². The van der Waals surface area contributed by atoms with Crippen molar-refractivity contribution in [2.24, 2.45) is 0 Å². The Kier molecular flexibility index (Phi) is 8.64. The first-order valence-corrected chi connectivity index (χ1v) is 12.6. The van der Waals surface area contributed by atoms with Crippen molar-refractivity contribution in [3.8, 4) is 11.3 Å². The van der Waals surface area contributed by atoms with E-state index in [2.05, 4.69) is 18.3 Å². The van der Waals surface area contributed by atoms with E-state index in [0.717, 1.165) is 49.8 Å². The Labute approximate surface area is 222 Å². The average Bonchev–Trinajstić information content (AvgIpc) is 2.86. The van der Waals surface area contributed by atoms with Crippen LogP contribution in [0, 0.1) is 5.82 Å². The monoisotopic (exact) mass is 547 g/mol. The molecule has 4 nitrogen and oxygen atoms in total. The second-order valence-electron chi connectivity index (χ2n) is 8.72. The number of hydrogen-bond donors (Lipinski definition) is 2. The number of aryl methyl sites for hydroxylation is 1. The van der Waals surface area contributed by atoms with Gasteiger partial charge >= 0.3 is 223 Å². The number of carbonyl (C=O) groups is 1. The standard InChI is InChI=1S/C29H26ClFN2O2.Co/c1-19(21-7-11-25(30)12-8-21)32-18-20-6-15-27-24(16-20)17-23(4-2-3-5-28(34)35)29(33-27)22-9-13-26(31)14-10-22;/h6-17,19,32H,2-5H2,1H3,(H,34,35);/t19-;/m1./s1. The normalized spacial score (nSPS) is 12.0. The van der Waals surface area contributed by atoms with Crippen LogP contribution in [0.3, 0.4) is 0 Å². The molecule has 1 aromatic heterocycles. The summed E-state index contributed by atoms with van der Waals surface area (Å²) >= 11 is 10.8. The molecule has 1 heterocycles. The van der Waals surface area contributed by atoms with Crippen LogP contribution in [-0.2, 0) is 26.5 Å². The predicted molar refractivity (Wildman–Crippen MR) is 139 cm³/mol. The zero-order chi connectivity index (χ0) is 25.7. The number of fused-ring (bicyclic) bond motifs is 1. The molecule has 3 aromatic carbocycles. The van der Waals surface area contributed by atoms with Gasteiger partial charge in [-0.3, -0.25) is 0 Å². The maximum absolute atomic E-state index is 13.5. The molecule has 0 radical (unpaired) electrons. The fraction of sp³-hybridized carbons (Fsp3) is 0.207. The van der Waals surface area contributed by atoms with E-state index in [1.54, 1.807) is 12.1 Å². The van der Waals surface area contributed by atoms with E-state index >= 15 is 0 Å². The summed E-state index contributed by atoms with van der Waals surface area (Å²) in [5.74, 6) is -1.10. The molecule has 187 valence electrons. The molecule has 4 aromatic rings. The van der Waals surface area contributed by atoms with Crippen LogP contribution in [0.4, 0.5) is 4.39 Å². The second-order valence-corrected chi connectivity index (χ2v) is 9.68. The van der Waals surface area contributed by atoms with Crippen molar-refractivity contribution in [1.82, 2.24) is 10.3 Å². The van der Waals surface area contributed by atoms with E-state index in [-0.39, 0.29) is 18.3 Å². The molecule has 0 saturated heterocycles. The first kappa shape index (κ1) is 26.2. The van der Waals surface area contributed by atoms with Crippen molar-refractivity contribution in [3.05, 3.63) is 100 Å². The third-order valence-corrected chi connectivity index (χ3v) is 6.75. The number of carboxylic acid groups (broad SMARTS) is 1. The number of aromatic nitrogens is 1. The first-order valence-electron chi connectivity index (χ1n) is 11.7. The molecule has 0 aliphatic carbocycles. The fourth-order valence-electron chi connectivity index (χ4n) is 4.09. The first-order chi connectivity index (χ1) is 17.3. The van der Waals surface area contributed by atoms with Crippen LogP contribution < -0.4 is 5.32 Å². The quantitative estimate of drug-likeness (QED) is 0.213. The Bertz CT molecular complexity index is 1390. The number of carboxylic acids is 1. The van der Waals surface area contributed by atoms with Crippen molar-refractivity contribution < 1.29 is 29.6 Å². The van der Waals surface area contributed by atoms with Crippen LogP contribution in [0.25, 0.3) is 22.2 Å². The minimum atomic E-state index is -0.799. The molecule has 0 fully saturated rings. The van der Waals surface area contributed by atoms with E-state index in [4.69, 9.17) is 37.0 Å². The summed E-state index contributed by atoms with van der Waals surface area (Å²) in [4.78, 5) is 15.8. The Morgan fingerprint density at radius 2 is 1.78 bits per heavy atom. The zero-order valence-electron chi connectivity index (χ0n) is 19.7. The topological polar surface area (TPSA) is 62.2 Å². The minimum absolute atomic E-state index is 0.0346. The Morgan fingerprint density at radius 3 is 2.47 bits per heavy atom. The molecule has 0 amide bonds. The molecule has 7 heteroatoms. The third-order valence-electron chi connectivity index (χ3n) is 6.05. The van der Waals surface area contributed by atoms with Gasteiger partial charge in [0.25, 0.3) is 0 Å². The van der Waals surface area contributed by atoms with E-state index in [0.29, 0.717) is 17.9 Å². The van der Waals surface area contributed by atoms with E-state index < -0.39 is 5.97 Å². The van der Waals surface area contributed by atoms with E-state index in [9.17, 15) is 9.18 Å². The summed E-state index contributed by atoms with van der Waals surface area (Å²) in [6.45, 7) is 2.06. The molecular weight excluding hydrogens is 522 g/mol. The summed E-state index contributed by atoms with van der Waals surface area (Å²) in [6, 6.07) is 22.1. The number of aliphatic carboxylic acids is 1. The Hall–Kier alpha value is -2.90. The van der Waals surface area contributed by atoms with Crippen molar-refractivity contribution >= 4 is 33.1 Å². The van der Waals surface area contributed by atoms with Crippen molar-refractivity contribution in [1.29, 1.82) is 0 Å². The summed E-state index contributed by atoms with van der Waals surface area (Å²) < 4.78 is 14.3. The summed E-state index contributed by atoms with van der Waals surface area (Å²) in [5.41, 5.74) is 5.46. The van der Waals surface area contributed by atoms with Crippen LogP contribution in [0.2, 0.25) is 5.02 Å². The molecule has 0 bridgehead atoms. The summed E-state index contributed by atoms with van der Waals surface area (Å²) in [6.07, 6.45) is 2.11. The van der Waals surface area contributed by atoms with Crippen LogP contribution in [0.15, 0.2) is 72.8 Å². The maximum atomic E-state index is 13.5. The van der Waals surface area contributed by atoms with Gasteiger partial charge in [0.15, 0.2) is 0 Å². The number of benzene rings is 3. The van der Waals surface area contributed by atoms with Crippen molar-refractivity contribution in [3.63, 3.8) is 0 Å². The van der Waals surface area contributed by atoms with Crippen molar-refractivity contribution in [2.75, 3.05) is 0 Å². The predicted octanol–water partition coefficient (Wildman–Crippen LogP) is 6.87. The SMILES string of the molecule is C[C@@H](N[C](=[Co])c1ccc2nc(-c3ccc(F)cc3)c(CCCCC(=O)O)cc2c1)c1ccc(Cl)cc1. The van der Waals surface area contributed by atoms with Crippen molar-refractivity contribution in [2.45, 2.75) is 38.6 Å². The van der Waals surface area contributed by atoms with E-state index in [1.165, 1.54) is 12.1 Å². The molecule has 0 aliphatic rings. The molecule has 4 rings (SSSR count). The van der Waals surface area contributed by atoms with Gasteiger partial charge in [0.05, 0.1) is 0 Å². The Morgan fingerprint density at radius 1 is 1.06 bits per heavy atom. The molecule has 36 heavy (non-hydrogen) atoms. The number of halogens is 2. The van der Waals surface area contributed by atoms with Gasteiger partial charge in [0.2, 0.25) is 0 Å². The van der Waals surface area contributed by atoms with Gasteiger partial charge in [-0.25, -0.2) is 0 Å². The number of rotatable bonds is 10. The molecule has 0 aliphatic heterocycles. The third kappa shape index (κ3) is 6.65. The molecule has 1 atom stereocenters. The number of unbranched alkanes of at least 4 members (excludes halogenated alkanes) is 1. The Balaban J connectivity index is 1.62. The van der Waals surface area contributed by atoms with Crippen LogP contribution >= 0.6 is 11.6 Å². The van der Waals surface area contributed by atoms with Crippen LogP contribution in [0.5, 0.6) is 0 Å².